The highest BCUT2D eigenvalue weighted by Crippen LogP contribution is 2.45. The number of amides is 2. The highest BCUT2D eigenvalue weighted by molar-refractivity contribution is 6.30. The van der Waals surface area contributed by atoms with E-state index in [1.807, 2.05) is 24.3 Å². The summed E-state index contributed by atoms with van der Waals surface area (Å²) in [5, 5.41) is 6.54. The first kappa shape index (κ1) is 20.5. The molecular weight excluding hydrogens is 404 g/mol. The van der Waals surface area contributed by atoms with E-state index in [1.165, 1.54) is 7.11 Å². The van der Waals surface area contributed by atoms with Gasteiger partial charge < -0.3 is 20.1 Å². The predicted octanol–water partition coefficient (Wildman–Crippen LogP) is 4.07. The SMILES string of the molecule is COc1ccc(NC(=O)C2(c3ccc(Cl)cc3)CCC2)cc1OCC(=O)NC1CC1. The molecule has 158 valence electrons. The average Bonchev–Trinajstić information content (AvgIpc) is 3.51. The molecule has 2 aromatic rings. The van der Waals surface area contributed by atoms with Crippen molar-refractivity contribution in [3.8, 4) is 11.5 Å². The van der Waals surface area contributed by atoms with Gasteiger partial charge in [-0.2, -0.15) is 0 Å². The maximum atomic E-state index is 13.2. The molecule has 2 aliphatic rings. The number of benzene rings is 2. The number of methoxy groups -OCH3 is 1. The number of hydrogen-bond acceptors (Lipinski definition) is 4. The zero-order chi connectivity index (χ0) is 21.1. The summed E-state index contributed by atoms with van der Waals surface area (Å²) in [5.41, 5.74) is 1.02. The molecule has 0 aromatic heterocycles. The topological polar surface area (TPSA) is 76.7 Å². The van der Waals surface area contributed by atoms with Crippen molar-refractivity contribution in [3.05, 3.63) is 53.1 Å². The van der Waals surface area contributed by atoms with Crippen LogP contribution in [0.4, 0.5) is 5.69 Å². The van der Waals surface area contributed by atoms with Crippen LogP contribution in [0.2, 0.25) is 5.02 Å². The second-order valence-electron chi connectivity index (χ2n) is 7.89. The molecule has 7 heteroatoms. The van der Waals surface area contributed by atoms with Gasteiger partial charge in [-0.25, -0.2) is 0 Å². The first-order valence-electron chi connectivity index (χ1n) is 10.2. The van der Waals surface area contributed by atoms with Gasteiger partial charge in [-0.15, -0.1) is 0 Å². The van der Waals surface area contributed by atoms with E-state index < -0.39 is 5.41 Å². The maximum Gasteiger partial charge on any atom is 0.258 e. The van der Waals surface area contributed by atoms with Crippen LogP contribution in [0.3, 0.4) is 0 Å². The van der Waals surface area contributed by atoms with Crippen LogP contribution in [0, 0.1) is 0 Å². The Balaban J connectivity index is 1.47. The number of ether oxygens (including phenoxy) is 2. The van der Waals surface area contributed by atoms with Gasteiger partial charge in [0.15, 0.2) is 18.1 Å². The minimum absolute atomic E-state index is 0.0568. The van der Waals surface area contributed by atoms with Crippen LogP contribution in [-0.2, 0) is 15.0 Å². The van der Waals surface area contributed by atoms with Crippen LogP contribution in [0.1, 0.15) is 37.7 Å². The zero-order valence-corrected chi connectivity index (χ0v) is 17.6. The Labute approximate surface area is 180 Å². The number of carbonyl (C=O) groups excluding carboxylic acids is 2. The van der Waals surface area contributed by atoms with Gasteiger partial charge in [-0.1, -0.05) is 30.2 Å². The van der Waals surface area contributed by atoms with Crippen molar-refractivity contribution in [1.82, 2.24) is 5.32 Å². The average molecular weight is 429 g/mol. The first-order valence-corrected chi connectivity index (χ1v) is 10.6. The molecule has 0 spiro atoms. The van der Waals surface area contributed by atoms with Gasteiger partial charge in [-0.05, 0) is 55.5 Å². The number of carbonyl (C=O) groups is 2. The smallest absolute Gasteiger partial charge is 0.258 e. The van der Waals surface area contributed by atoms with Gasteiger partial charge in [0.05, 0.1) is 12.5 Å². The summed E-state index contributed by atoms with van der Waals surface area (Å²) in [5.74, 6) is 0.697. The molecule has 2 aromatic carbocycles. The molecule has 2 saturated carbocycles. The fourth-order valence-corrected chi connectivity index (χ4v) is 3.83. The summed E-state index contributed by atoms with van der Waals surface area (Å²) in [6.45, 7) is -0.0982. The van der Waals surface area contributed by atoms with Crippen molar-refractivity contribution in [1.29, 1.82) is 0 Å². The van der Waals surface area contributed by atoms with E-state index in [9.17, 15) is 9.59 Å². The molecular formula is C23H25ClN2O4. The molecule has 2 amide bonds. The largest absolute Gasteiger partial charge is 0.493 e. The summed E-state index contributed by atoms with van der Waals surface area (Å²) in [6, 6.07) is 12.9. The molecule has 2 aliphatic carbocycles. The quantitative estimate of drug-likeness (QED) is 0.664. The summed E-state index contributed by atoms with van der Waals surface area (Å²) in [4.78, 5) is 25.1. The third-order valence-electron chi connectivity index (χ3n) is 5.76. The Morgan fingerprint density at radius 3 is 2.43 bits per heavy atom. The van der Waals surface area contributed by atoms with Gasteiger partial charge in [-0.3, -0.25) is 9.59 Å². The number of halogens is 1. The Morgan fingerprint density at radius 2 is 1.83 bits per heavy atom. The molecule has 4 rings (SSSR count). The monoisotopic (exact) mass is 428 g/mol. The number of nitrogens with one attached hydrogen (secondary N) is 2. The molecule has 0 radical (unpaired) electrons. The van der Waals surface area contributed by atoms with E-state index in [1.54, 1.807) is 18.2 Å². The second kappa shape index (κ2) is 8.56. The maximum absolute atomic E-state index is 13.2. The van der Waals surface area contributed by atoms with E-state index >= 15 is 0 Å². The zero-order valence-electron chi connectivity index (χ0n) is 16.9. The lowest BCUT2D eigenvalue weighted by Gasteiger charge is -2.40. The Morgan fingerprint density at radius 1 is 1.10 bits per heavy atom. The fraction of sp³-hybridized carbons (Fsp3) is 0.391. The molecule has 0 heterocycles. The van der Waals surface area contributed by atoms with Gasteiger partial charge >= 0.3 is 0 Å². The summed E-state index contributed by atoms with van der Waals surface area (Å²) in [6.07, 6.45) is 4.63. The van der Waals surface area contributed by atoms with E-state index in [4.69, 9.17) is 21.1 Å². The van der Waals surface area contributed by atoms with Crippen LogP contribution in [-0.4, -0.2) is 31.6 Å². The lowest BCUT2D eigenvalue weighted by atomic mass is 9.64. The minimum atomic E-state index is -0.546. The van der Waals surface area contributed by atoms with Crippen LogP contribution in [0.25, 0.3) is 0 Å². The molecule has 2 fully saturated rings. The van der Waals surface area contributed by atoms with E-state index in [-0.39, 0.29) is 24.5 Å². The van der Waals surface area contributed by atoms with Gasteiger partial charge in [0.2, 0.25) is 5.91 Å². The van der Waals surface area contributed by atoms with Gasteiger partial charge in [0.25, 0.3) is 5.91 Å². The van der Waals surface area contributed by atoms with E-state index in [2.05, 4.69) is 10.6 Å². The molecule has 2 N–H and O–H groups in total. The van der Waals surface area contributed by atoms with Crippen LogP contribution in [0.5, 0.6) is 11.5 Å². The fourth-order valence-electron chi connectivity index (χ4n) is 3.70. The van der Waals surface area contributed by atoms with E-state index in [0.29, 0.717) is 22.2 Å². The number of anilines is 1. The molecule has 0 saturated heterocycles. The van der Waals surface area contributed by atoms with Crippen molar-refractivity contribution in [2.45, 2.75) is 43.6 Å². The highest BCUT2D eigenvalue weighted by Gasteiger charge is 2.45. The number of rotatable bonds is 8. The lowest BCUT2D eigenvalue weighted by Crippen LogP contribution is -2.46. The van der Waals surface area contributed by atoms with Crippen LogP contribution in [0.15, 0.2) is 42.5 Å². The lowest BCUT2D eigenvalue weighted by molar-refractivity contribution is -0.124. The number of hydrogen-bond donors (Lipinski definition) is 2. The van der Waals surface area contributed by atoms with Crippen molar-refractivity contribution < 1.29 is 19.1 Å². The highest BCUT2D eigenvalue weighted by atomic mass is 35.5. The first-order chi connectivity index (χ1) is 14.5. The molecule has 0 bridgehead atoms. The van der Waals surface area contributed by atoms with Gasteiger partial charge in [0, 0.05) is 22.8 Å². The normalized spacial score (nSPS) is 16.9. The molecule has 0 aliphatic heterocycles. The van der Waals surface area contributed by atoms with Crippen LogP contribution >= 0.6 is 11.6 Å². The Bertz CT molecular complexity index is 937. The van der Waals surface area contributed by atoms with Crippen LogP contribution < -0.4 is 20.1 Å². The molecule has 30 heavy (non-hydrogen) atoms. The van der Waals surface area contributed by atoms with Crippen molar-refractivity contribution >= 4 is 29.1 Å². The molecule has 0 unspecified atom stereocenters. The molecule has 6 nitrogen and oxygen atoms in total. The van der Waals surface area contributed by atoms with Crippen molar-refractivity contribution in [3.63, 3.8) is 0 Å². The van der Waals surface area contributed by atoms with Gasteiger partial charge in [0.1, 0.15) is 0 Å². The summed E-state index contributed by atoms with van der Waals surface area (Å²) >= 11 is 6.01. The molecule has 0 atom stereocenters. The predicted molar refractivity (Wildman–Crippen MR) is 115 cm³/mol. The van der Waals surface area contributed by atoms with Crippen molar-refractivity contribution in [2.24, 2.45) is 0 Å². The van der Waals surface area contributed by atoms with E-state index in [0.717, 1.165) is 37.7 Å². The summed E-state index contributed by atoms with van der Waals surface area (Å²) in [7, 11) is 1.54. The third kappa shape index (κ3) is 4.38. The Kier molecular flexibility index (Phi) is 5.86. The second-order valence-corrected chi connectivity index (χ2v) is 8.33. The third-order valence-corrected chi connectivity index (χ3v) is 6.01. The standard InChI is InChI=1S/C23H25ClN2O4/c1-29-19-10-9-18(13-20(19)30-14-21(27)25-17-7-8-17)26-22(28)23(11-2-12-23)15-3-5-16(24)6-4-15/h3-6,9-10,13,17H,2,7-8,11-12,14H2,1H3,(H,25,27)(H,26,28). The Hall–Kier alpha value is -2.73. The van der Waals surface area contributed by atoms with Crippen molar-refractivity contribution in [2.75, 3.05) is 19.0 Å². The minimum Gasteiger partial charge on any atom is -0.493 e. The summed E-state index contributed by atoms with van der Waals surface area (Å²) < 4.78 is 11.0.